The molecule has 0 heterocycles. The fraction of sp³-hybridized carbons (Fsp3) is 0.286. The number of nitrogens with zero attached hydrogens (tertiary/aromatic N) is 1. The van der Waals surface area contributed by atoms with Crippen LogP contribution in [0.3, 0.4) is 0 Å². The van der Waals surface area contributed by atoms with Crippen molar-refractivity contribution in [3.05, 3.63) is 54.1 Å². The predicted octanol–water partition coefficient (Wildman–Crippen LogP) is 3.39. The van der Waals surface area contributed by atoms with E-state index in [0.29, 0.717) is 24.6 Å². The van der Waals surface area contributed by atoms with Gasteiger partial charge in [-0.25, -0.2) is 8.42 Å². The third-order valence-corrected chi connectivity index (χ3v) is 6.37. The summed E-state index contributed by atoms with van der Waals surface area (Å²) in [5.41, 5.74) is 1.02. The van der Waals surface area contributed by atoms with Gasteiger partial charge in [0.1, 0.15) is 11.5 Å². The Labute approximate surface area is 172 Å². The van der Waals surface area contributed by atoms with Crippen LogP contribution in [-0.2, 0) is 14.8 Å². The zero-order valence-electron chi connectivity index (χ0n) is 17.0. The zero-order chi connectivity index (χ0) is 21.4. The standard InChI is InChI=1S/C21H26N2O5S/c1-5-23(6-2)29(25,26)17-12-13-20(28-4)18(15-17)22-21(24)14-11-16-9-7-8-10-19(16)27-3/h7-15H,5-6H2,1-4H3,(H,22,24)/b14-11+. The number of amides is 1. The highest BCUT2D eigenvalue weighted by atomic mass is 32.2. The van der Waals surface area contributed by atoms with Crippen molar-refractivity contribution >= 4 is 27.7 Å². The highest BCUT2D eigenvalue weighted by molar-refractivity contribution is 7.89. The van der Waals surface area contributed by atoms with Crippen LogP contribution in [0.4, 0.5) is 5.69 Å². The van der Waals surface area contributed by atoms with Gasteiger partial charge in [-0.3, -0.25) is 4.79 Å². The minimum Gasteiger partial charge on any atom is -0.496 e. The summed E-state index contributed by atoms with van der Waals surface area (Å²) < 4.78 is 37.4. The summed E-state index contributed by atoms with van der Waals surface area (Å²) in [5.74, 6) is 0.579. The molecule has 7 nitrogen and oxygen atoms in total. The lowest BCUT2D eigenvalue weighted by atomic mass is 10.2. The van der Waals surface area contributed by atoms with Crippen LogP contribution in [0, 0.1) is 0 Å². The van der Waals surface area contributed by atoms with Gasteiger partial charge < -0.3 is 14.8 Å². The van der Waals surface area contributed by atoms with E-state index in [0.717, 1.165) is 5.56 Å². The number of anilines is 1. The number of carbonyl (C=O) groups excluding carboxylic acids is 1. The quantitative estimate of drug-likeness (QED) is 0.631. The molecule has 0 aliphatic rings. The second-order valence-electron chi connectivity index (χ2n) is 6.02. The number of methoxy groups -OCH3 is 2. The number of para-hydroxylation sites is 1. The SMILES string of the molecule is CCN(CC)S(=O)(=O)c1ccc(OC)c(NC(=O)/C=C/c2ccccc2OC)c1. The first kappa shape index (κ1) is 22.4. The molecule has 0 saturated heterocycles. The van der Waals surface area contributed by atoms with Gasteiger partial charge in [-0.15, -0.1) is 0 Å². The molecular formula is C21H26N2O5S. The second kappa shape index (κ2) is 10.1. The zero-order valence-corrected chi connectivity index (χ0v) is 17.8. The summed E-state index contributed by atoms with van der Waals surface area (Å²) in [6.45, 7) is 4.26. The van der Waals surface area contributed by atoms with Gasteiger partial charge in [0.15, 0.2) is 0 Å². The van der Waals surface area contributed by atoms with E-state index in [1.165, 1.54) is 35.7 Å². The molecule has 0 aromatic heterocycles. The molecular weight excluding hydrogens is 392 g/mol. The van der Waals surface area contributed by atoms with Gasteiger partial charge in [-0.2, -0.15) is 4.31 Å². The lowest BCUT2D eigenvalue weighted by Gasteiger charge is -2.19. The maximum absolute atomic E-state index is 12.8. The van der Waals surface area contributed by atoms with Crippen LogP contribution in [0.15, 0.2) is 53.4 Å². The summed E-state index contributed by atoms with van der Waals surface area (Å²) in [5, 5.41) is 2.68. The minimum atomic E-state index is -3.66. The first-order chi connectivity index (χ1) is 13.9. The minimum absolute atomic E-state index is 0.0889. The van der Waals surface area contributed by atoms with Gasteiger partial charge in [-0.05, 0) is 30.3 Å². The number of benzene rings is 2. The van der Waals surface area contributed by atoms with Crippen molar-refractivity contribution < 1.29 is 22.7 Å². The number of rotatable bonds is 9. The monoisotopic (exact) mass is 418 g/mol. The van der Waals surface area contributed by atoms with E-state index in [-0.39, 0.29) is 10.6 Å². The van der Waals surface area contributed by atoms with Crippen molar-refractivity contribution in [1.29, 1.82) is 0 Å². The van der Waals surface area contributed by atoms with Crippen LogP contribution in [-0.4, -0.2) is 45.9 Å². The van der Waals surface area contributed by atoms with Crippen molar-refractivity contribution in [2.45, 2.75) is 18.7 Å². The molecule has 0 atom stereocenters. The average molecular weight is 419 g/mol. The molecule has 2 rings (SSSR count). The molecule has 156 valence electrons. The van der Waals surface area contributed by atoms with Gasteiger partial charge in [-0.1, -0.05) is 32.0 Å². The highest BCUT2D eigenvalue weighted by Crippen LogP contribution is 2.29. The molecule has 0 spiro atoms. The number of sulfonamides is 1. The van der Waals surface area contributed by atoms with Crippen molar-refractivity contribution in [1.82, 2.24) is 4.31 Å². The molecule has 0 fully saturated rings. The molecule has 0 bridgehead atoms. The molecule has 0 radical (unpaired) electrons. The first-order valence-corrected chi connectivity index (χ1v) is 10.6. The Morgan fingerprint density at radius 1 is 1.03 bits per heavy atom. The Hall–Kier alpha value is -2.84. The smallest absolute Gasteiger partial charge is 0.248 e. The first-order valence-electron chi connectivity index (χ1n) is 9.17. The number of hydrogen-bond acceptors (Lipinski definition) is 5. The van der Waals surface area contributed by atoms with Crippen LogP contribution in [0.1, 0.15) is 19.4 Å². The van der Waals surface area contributed by atoms with Gasteiger partial charge in [0.05, 0.1) is 24.8 Å². The summed E-state index contributed by atoms with van der Waals surface area (Å²) in [6, 6.07) is 11.7. The Bertz CT molecular complexity index is 982. The molecule has 8 heteroatoms. The highest BCUT2D eigenvalue weighted by Gasteiger charge is 2.23. The fourth-order valence-electron chi connectivity index (χ4n) is 2.80. The molecule has 29 heavy (non-hydrogen) atoms. The Morgan fingerprint density at radius 2 is 1.69 bits per heavy atom. The molecule has 0 aliphatic carbocycles. The largest absolute Gasteiger partial charge is 0.496 e. The van der Waals surface area contributed by atoms with E-state index in [4.69, 9.17) is 9.47 Å². The van der Waals surface area contributed by atoms with Crippen molar-refractivity contribution in [3.63, 3.8) is 0 Å². The van der Waals surface area contributed by atoms with Gasteiger partial charge in [0.25, 0.3) is 0 Å². The third kappa shape index (κ3) is 5.36. The molecule has 0 aliphatic heterocycles. The fourth-order valence-corrected chi connectivity index (χ4v) is 4.29. The van der Waals surface area contributed by atoms with Crippen molar-refractivity contribution in [3.8, 4) is 11.5 Å². The van der Waals surface area contributed by atoms with Crippen molar-refractivity contribution in [2.75, 3.05) is 32.6 Å². The van der Waals surface area contributed by atoms with Crippen LogP contribution in [0.5, 0.6) is 11.5 Å². The van der Waals surface area contributed by atoms with Gasteiger partial charge in [0, 0.05) is 24.7 Å². The Balaban J connectivity index is 2.29. The van der Waals surface area contributed by atoms with Gasteiger partial charge >= 0.3 is 0 Å². The van der Waals surface area contributed by atoms with Crippen LogP contribution in [0.25, 0.3) is 6.08 Å². The third-order valence-electron chi connectivity index (χ3n) is 4.33. The number of carbonyl (C=O) groups is 1. The van der Waals surface area contributed by atoms with E-state index in [1.807, 2.05) is 18.2 Å². The predicted molar refractivity (Wildman–Crippen MR) is 114 cm³/mol. The number of hydrogen-bond donors (Lipinski definition) is 1. The van der Waals surface area contributed by atoms with Crippen LogP contribution in [0.2, 0.25) is 0 Å². The number of nitrogens with one attached hydrogen (secondary N) is 1. The average Bonchev–Trinajstić information content (AvgIpc) is 2.73. The summed E-state index contributed by atoms with van der Waals surface area (Å²) in [6.07, 6.45) is 2.97. The molecule has 2 aromatic carbocycles. The van der Waals surface area contributed by atoms with Crippen molar-refractivity contribution in [2.24, 2.45) is 0 Å². The normalized spacial score (nSPS) is 11.6. The van der Waals surface area contributed by atoms with E-state index in [1.54, 1.807) is 33.1 Å². The summed E-state index contributed by atoms with van der Waals surface area (Å²) in [4.78, 5) is 12.5. The summed E-state index contributed by atoms with van der Waals surface area (Å²) >= 11 is 0. The molecule has 0 unspecified atom stereocenters. The second-order valence-corrected chi connectivity index (χ2v) is 7.95. The summed E-state index contributed by atoms with van der Waals surface area (Å²) in [7, 11) is -0.649. The lowest BCUT2D eigenvalue weighted by Crippen LogP contribution is -2.30. The van der Waals surface area contributed by atoms with Crippen LogP contribution < -0.4 is 14.8 Å². The maximum atomic E-state index is 12.8. The Morgan fingerprint density at radius 3 is 2.31 bits per heavy atom. The van der Waals surface area contributed by atoms with E-state index < -0.39 is 15.9 Å². The molecule has 1 amide bonds. The topological polar surface area (TPSA) is 84.9 Å². The maximum Gasteiger partial charge on any atom is 0.248 e. The molecule has 0 saturated carbocycles. The van der Waals surface area contributed by atoms with E-state index in [9.17, 15) is 13.2 Å². The van der Waals surface area contributed by atoms with E-state index in [2.05, 4.69) is 5.32 Å². The van der Waals surface area contributed by atoms with Gasteiger partial charge in [0.2, 0.25) is 15.9 Å². The Kier molecular flexibility index (Phi) is 7.81. The van der Waals surface area contributed by atoms with E-state index >= 15 is 0 Å². The molecule has 2 aromatic rings. The lowest BCUT2D eigenvalue weighted by molar-refractivity contribution is -0.111. The molecule has 1 N–H and O–H groups in total. The van der Waals surface area contributed by atoms with Crippen LogP contribution >= 0.6 is 0 Å². The number of ether oxygens (including phenoxy) is 2.